The first-order chi connectivity index (χ1) is 9.71. The predicted octanol–water partition coefficient (Wildman–Crippen LogP) is 2.80. The molecule has 1 saturated heterocycles. The third-order valence-corrected chi connectivity index (χ3v) is 5.09. The molecule has 0 amide bonds. The largest absolute Gasteiger partial charge is 0.315 e. The Bertz CT molecular complexity index is 430. The van der Waals surface area contributed by atoms with Crippen LogP contribution in [0.3, 0.4) is 0 Å². The van der Waals surface area contributed by atoms with E-state index >= 15 is 0 Å². The zero-order valence-electron chi connectivity index (χ0n) is 13.0. The fourth-order valence-electron chi connectivity index (χ4n) is 3.01. The summed E-state index contributed by atoms with van der Waals surface area (Å²) in [6.07, 6.45) is 3.61. The number of likely N-dealkylation sites (N-methyl/N-ethyl adjacent to an activating group) is 1. The Morgan fingerprint density at radius 2 is 2.15 bits per heavy atom. The summed E-state index contributed by atoms with van der Waals surface area (Å²) in [5.41, 5.74) is 2.53. The number of hydrogen-bond acceptors (Lipinski definition) is 3. The molecule has 1 N–H and O–H groups in total. The van der Waals surface area contributed by atoms with Gasteiger partial charge in [-0.1, -0.05) is 13.8 Å². The van der Waals surface area contributed by atoms with Crippen molar-refractivity contribution in [1.29, 1.82) is 0 Å². The number of nitrogens with one attached hydrogen (secondary N) is 1. The van der Waals surface area contributed by atoms with E-state index in [1.54, 1.807) is 0 Å². The molecule has 5 heteroatoms. The first-order valence-electron chi connectivity index (χ1n) is 7.90. The summed E-state index contributed by atoms with van der Waals surface area (Å²) in [6.45, 7) is 11.8. The summed E-state index contributed by atoms with van der Waals surface area (Å²) in [5, 5.41) is 8.19. The van der Waals surface area contributed by atoms with Gasteiger partial charge in [0.1, 0.15) is 0 Å². The minimum absolute atomic E-state index is 0.673. The SMILES string of the molecule is CCNCC1CCCN1Cc1c(Br)c(CC)nn1CC. The first-order valence-corrected chi connectivity index (χ1v) is 8.69. The monoisotopic (exact) mass is 342 g/mol. The van der Waals surface area contributed by atoms with Gasteiger partial charge < -0.3 is 5.32 Å². The molecule has 2 heterocycles. The molecule has 20 heavy (non-hydrogen) atoms. The van der Waals surface area contributed by atoms with E-state index in [-0.39, 0.29) is 0 Å². The number of rotatable bonds is 7. The fourth-order valence-corrected chi connectivity index (χ4v) is 3.70. The predicted molar refractivity (Wildman–Crippen MR) is 87.0 cm³/mol. The third kappa shape index (κ3) is 3.43. The van der Waals surface area contributed by atoms with Crippen LogP contribution in [0.25, 0.3) is 0 Å². The van der Waals surface area contributed by atoms with Gasteiger partial charge in [-0.25, -0.2) is 0 Å². The molecule has 1 unspecified atom stereocenters. The van der Waals surface area contributed by atoms with E-state index in [2.05, 4.69) is 51.6 Å². The van der Waals surface area contributed by atoms with E-state index in [0.717, 1.165) is 32.6 Å². The fraction of sp³-hybridized carbons (Fsp3) is 0.800. The maximum atomic E-state index is 4.70. The quantitative estimate of drug-likeness (QED) is 0.827. The van der Waals surface area contributed by atoms with Crippen LogP contribution in [0.4, 0.5) is 0 Å². The first kappa shape index (κ1) is 16.0. The van der Waals surface area contributed by atoms with Crippen molar-refractivity contribution >= 4 is 15.9 Å². The van der Waals surface area contributed by atoms with Gasteiger partial charge in [-0.3, -0.25) is 9.58 Å². The molecular formula is C15H27BrN4. The smallest absolute Gasteiger partial charge is 0.0767 e. The number of halogens is 1. The number of aromatic nitrogens is 2. The van der Waals surface area contributed by atoms with Gasteiger partial charge in [0.25, 0.3) is 0 Å². The normalized spacial score (nSPS) is 19.9. The Balaban J connectivity index is 2.10. The minimum Gasteiger partial charge on any atom is -0.315 e. The van der Waals surface area contributed by atoms with Crippen molar-refractivity contribution in [2.45, 2.75) is 59.2 Å². The molecule has 1 aromatic rings. The number of aryl methyl sites for hydroxylation is 2. The van der Waals surface area contributed by atoms with Crippen LogP contribution in [0.15, 0.2) is 4.47 Å². The summed E-state index contributed by atoms with van der Waals surface area (Å²) < 4.78 is 3.38. The van der Waals surface area contributed by atoms with Crippen molar-refractivity contribution in [3.05, 3.63) is 15.9 Å². The standard InChI is InChI=1S/C15H27BrN4/c1-4-13-15(16)14(20(6-3)18-13)11-19-9-7-8-12(19)10-17-5-2/h12,17H,4-11H2,1-3H3. The molecule has 114 valence electrons. The number of hydrogen-bond donors (Lipinski definition) is 1. The Morgan fingerprint density at radius 1 is 1.35 bits per heavy atom. The Kier molecular flexibility index (Phi) is 6.05. The second-order valence-electron chi connectivity index (χ2n) is 5.45. The van der Waals surface area contributed by atoms with Crippen LogP contribution in [0, 0.1) is 0 Å². The van der Waals surface area contributed by atoms with Gasteiger partial charge in [-0.05, 0) is 55.2 Å². The second kappa shape index (κ2) is 7.57. The molecular weight excluding hydrogens is 316 g/mol. The molecule has 1 fully saturated rings. The van der Waals surface area contributed by atoms with Crippen molar-refractivity contribution in [3.63, 3.8) is 0 Å². The summed E-state index contributed by atoms with van der Waals surface area (Å²) in [6, 6.07) is 0.673. The van der Waals surface area contributed by atoms with Crippen LogP contribution in [0.1, 0.15) is 45.0 Å². The van der Waals surface area contributed by atoms with Crippen molar-refractivity contribution in [2.75, 3.05) is 19.6 Å². The van der Waals surface area contributed by atoms with Crippen molar-refractivity contribution in [2.24, 2.45) is 0 Å². The lowest BCUT2D eigenvalue weighted by Crippen LogP contribution is -2.38. The van der Waals surface area contributed by atoms with Crippen molar-refractivity contribution in [3.8, 4) is 0 Å². The second-order valence-corrected chi connectivity index (χ2v) is 6.24. The molecule has 0 saturated carbocycles. The van der Waals surface area contributed by atoms with Crippen molar-refractivity contribution in [1.82, 2.24) is 20.0 Å². The van der Waals surface area contributed by atoms with Crippen LogP contribution in [-0.4, -0.2) is 40.4 Å². The lowest BCUT2D eigenvalue weighted by atomic mass is 10.2. The van der Waals surface area contributed by atoms with Gasteiger partial charge in [0, 0.05) is 25.7 Å². The van der Waals surface area contributed by atoms with E-state index in [1.807, 2.05) is 0 Å². The van der Waals surface area contributed by atoms with Gasteiger partial charge >= 0.3 is 0 Å². The Morgan fingerprint density at radius 3 is 2.80 bits per heavy atom. The third-order valence-electron chi connectivity index (χ3n) is 4.18. The summed E-state index contributed by atoms with van der Waals surface area (Å²) in [5.74, 6) is 0. The van der Waals surface area contributed by atoms with Gasteiger partial charge in [-0.2, -0.15) is 5.10 Å². The highest BCUT2D eigenvalue weighted by Gasteiger charge is 2.26. The Hall–Kier alpha value is -0.390. The summed E-state index contributed by atoms with van der Waals surface area (Å²) in [4.78, 5) is 2.61. The number of likely N-dealkylation sites (tertiary alicyclic amines) is 1. The zero-order chi connectivity index (χ0) is 14.5. The molecule has 1 aliphatic heterocycles. The molecule has 0 bridgehead atoms. The highest BCUT2D eigenvalue weighted by atomic mass is 79.9. The molecule has 0 aromatic carbocycles. The van der Waals surface area contributed by atoms with E-state index in [0.29, 0.717) is 6.04 Å². The van der Waals surface area contributed by atoms with E-state index in [9.17, 15) is 0 Å². The molecule has 2 rings (SSSR count). The Labute approximate surface area is 131 Å². The van der Waals surface area contributed by atoms with Gasteiger partial charge in [-0.15, -0.1) is 0 Å². The van der Waals surface area contributed by atoms with Crippen LogP contribution in [0.2, 0.25) is 0 Å². The molecule has 0 aliphatic carbocycles. The molecule has 4 nitrogen and oxygen atoms in total. The van der Waals surface area contributed by atoms with Crippen molar-refractivity contribution < 1.29 is 0 Å². The van der Waals surface area contributed by atoms with Crippen LogP contribution in [0.5, 0.6) is 0 Å². The topological polar surface area (TPSA) is 33.1 Å². The number of nitrogens with zero attached hydrogens (tertiary/aromatic N) is 3. The molecule has 1 atom stereocenters. The van der Waals surface area contributed by atoms with E-state index in [4.69, 9.17) is 5.10 Å². The lowest BCUT2D eigenvalue weighted by molar-refractivity contribution is 0.233. The highest BCUT2D eigenvalue weighted by molar-refractivity contribution is 9.10. The molecule has 1 aliphatic rings. The van der Waals surface area contributed by atoms with Gasteiger partial charge in [0.05, 0.1) is 15.9 Å². The molecule has 0 spiro atoms. The van der Waals surface area contributed by atoms with E-state index in [1.165, 1.54) is 35.2 Å². The van der Waals surface area contributed by atoms with Crippen LogP contribution in [-0.2, 0) is 19.5 Å². The molecule has 1 aromatic heterocycles. The van der Waals surface area contributed by atoms with Gasteiger partial charge in [0.15, 0.2) is 0 Å². The minimum atomic E-state index is 0.673. The summed E-state index contributed by atoms with van der Waals surface area (Å²) >= 11 is 3.76. The highest BCUT2D eigenvalue weighted by Crippen LogP contribution is 2.26. The lowest BCUT2D eigenvalue weighted by Gasteiger charge is -2.25. The summed E-state index contributed by atoms with van der Waals surface area (Å²) in [7, 11) is 0. The average molecular weight is 343 g/mol. The molecule has 0 radical (unpaired) electrons. The van der Waals surface area contributed by atoms with Crippen LogP contribution >= 0.6 is 15.9 Å². The maximum absolute atomic E-state index is 4.70. The zero-order valence-corrected chi connectivity index (χ0v) is 14.5. The average Bonchev–Trinajstić information content (AvgIpc) is 3.02. The van der Waals surface area contributed by atoms with E-state index < -0.39 is 0 Å². The maximum Gasteiger partial charge on any atom is 0.0767 e. The van der Waals surface area contributed by atoms with Gasteiger partial charge in [0.2, 0.25) is 0 Å². The van der Waals surface area contributed by atoms with Crippen LogP contribution < -0.4 is 5.32 Å².